The standard InChI is InChI=1S/C39H53N5O2.C2H6/c1-7-28(4)31-10-12-32(13-11-31)36-27-40-39(45)37(35(36)26-30(6)43-20-18-42(9-3)19-21-43)38(29(5)8-2)41-33-14-16-34(17-15-33)44-22-24-46-25-23-44;1-2/h10-17,26-28,41H,7-9,18-25H2,1-6H3,(H,40,45);1-2H3/b30-26+,38-29?;. The lowest BCUT2D eigenvalue weighted by molar-refractivity contribution is 0.122. The van der Waals surface area contributed by atoms with Crippen molar-refractivity contribution in [2.75, 3.05) is 69.2 Å². The molecule has 3 aromatic rings. The summed E-state index contributed by atoms with van der Waals surface area (Å²) >= 11 is 0. The molecule has 2 aliphatic heterocycles. The number of morpholine rings is 1. The minimum Gasteiger partial charge on any atom is -0.378 e. The number of hydrogen-bond donors (Lipinski definition) is 2. The van der Waals surface area contributed by atoms with E-state index >= 15 is 0 Å². The van der Waals surface area contributed by atoms with Crippen LogP contribution in [0.3, 0.4) is 0 Å². The molecule has 0 amide bonds. The van der Waals surface area contributed by atoms with Crippen LogP contribution in [-0.4, -0.2) is 73.8 Å². The Morgan fingerprint density at radius 3 is 2.15 bits per heavy atom. The number of aromatic nitrogens is 1. The predicted octanol–water partition coefficient (Wildman–Crippen LogP) is 8.67. The Hall–Kier alpha value is -3.81. The number of pyridine rings is 1. The SMILES string of the molecule is CC.CCC(C)=C(Nc1ccc(N2CCOCC2)cc1)c1c(/C=C(\C)N2CCN(CC)CC2)c(-c2ccc(C(C)CC)cc2)c[nH]c1=O. The average Bonchev–Trinajstić information content (AvgIpc) is 3.15. The van der Waals surface area contributed by atoms with E-state index in [-0.39, 0.29) is 5.56 Å². The first-order valence-electron chi connectivity index (χ1n) is 18.2. The molecule has 2 saturated heterocycles. The molecule has 2 fully saturated rings. The van der Waals surface area contributed by atoms with Gasteiger partial charge >= 0.3 is 0 Å². The van der Waals surface area contributed by atoms with Gasteiger partial charge in [0.2, 0.25) is 0 Å². The molecule has 2 aliphatic rings. The molecule has 7 nitrogen and oxygen atoms in total. The predicted molar refractivity (Wildman–Crippen MR) is 206 cm³/mol. The van der Waals surface area contributed by atoms with Crippen molar-refractivity contribution in [2.45, 2.75) is 74.1 Å². The monoisotopic (exact) mass is 653 g/mol. The van der Waals surface area contributed by atoms with Crippen LogP contribution in [0.4, 0.5) is 11.4 Å². The molecule has 3 heterocycles. The number of rotatable bonds is 11. The number of H-pyrrole nitrogens is 1. The van der Waals surface area contributed by atoms with Gasteiger partial charge in [0.1, 0.15) is 0 Å². The van der Waals surface area contributed by atoms with E-state index in [2.05, 4.69) is 121 Å². The molecule has 7 heteroatoms. The summed E-state index contributed by atoms with van der Waals surface area (Å²) in [7, 11) is 0. The molecule has 1 aromatic heterocycles. The van der Waals surface area contributed by atoms with E-state index in [1.165, 1.54) is 16.9 Å². The van der Waals surface area contributed by atoms with E-state index in [4.69, 9.17) is 4.74 Å². The number of nitrogens with one attached hydrogen (secondary N) is 2. The second-order valence-electron chi connectivity index (χ2n) is 12.7. The molecule has 1 atom stereocenters. The van der Waals surface area contributed by atoms with Gasteiger partial charge in [0.25, 0.3) is 5.56 Å². The van der Waals surface area contributed by atoms with Gasteiger partial charge in [-0.3, -0.25) is 4.79 Å². The molecule has 260 valence electrons. The van der Waals surface area contributed by atoms with Gasteiger partial charge < -0.3 is 29.7 Å². The molecule has 0 bridgehead atoms. The smallest absolute Gasteiger partial charge is 0.257 e. The quantitative estimate of drug-likeness (QED) is 0.216. The van der Waals surface area contributed by atoms with E-state index in [0.717, 1.165) is 106 Å². The summed E-state index contributed by atoms with van der Waals surface area (Å²) in [6.45, 7) is 25.7. The number of hydrogen-bond acceptors (Lipinski definition) is 6. The molecule has 2 aromatic carbocycles. The lowest BCUT2D eigenvalue weighted by Gasteiger charge is -2.36. The van der Waals surface area contributed by atoms with Crippen molar-refractivity contribution in [3.05, 3.63) is 93.0 Å². The van der Waals surface area contributed by atoms with Gasteiger partial charge in [-0.2, -0.15) is 0 Å². The number of aromatic amines is 1. The second kappa shape index (κ2) is 18.1. The number of piperazine rings is 1. The Bertz CT molecular complexity index is 1560. The van der Waals surface area contributed by atoms with E-state index in [9.17, 15) is 4.79 Å². The largest absolute Gasteiger partial charge is 0.378 e. The van der Waals surface area contributed by atoms with E-state index in [1.54, 1.807) is 0 Å². The summed E-state index contributed by atoms with van der Waals surface area (Å²) in [5, 5.41) is 3.70. The summed E-state index contributed by atoms with van der Waals surface area (Å²) in [6, 6.07) is 17.4. The maximum atomic E-state index is 14.0. The second-order valence-corrected chi connectivity index (χ2v) is 12.7. The van der Waals surface area contributed by atoms with Crippen LogP contribution in [0.5, 0.6) is 0 Å². The first-order chi connectivity index (χ1) is 23.3. The van der Waals surface area contributed by atoms with Crippen molar-refractivity contribution in [3.8, 4) is 11.1 Å². The fourth-order valence-electron chi connectivity index (χ4n) is 6.41. The van der Waals surface area contributed by atoms with Gasteiger partial charge in [0.05, 0.1) is 24.5 Å². The van der Waals surface area contributed by atoms with Gasteiger partial charge in [-0.05, 0) is 86.2 Å². The van der Waals surface area contributed by atoms with Crippen LogP contribution >= 0.6 is 0 Å². The summed E-state index contributed by atoms with van der Waals surface area (Å²) in [5.41, 5.74) is 10.4. The van der Waals surface area contributed by atoms with Crippen LogP contribution in [-0.2, 0) is 4.74 Å². The highest BCUT2D eigenvalue weighted by atomic mass is 16.5. The Morgan fingerprint density at radius 1 is 0.917 bits per heavy atom. The Morgan fingerprint density at radius 2 is 1.56 bits per heavy atom. The molecular formula is C41H59N5O2. The number of allylic oxidation sites excluding steroid dienone is 2. The third-order valence-corrected chi connectivity index (χ3v) is 9.93. The normalized spacial score (nSPS) is 17.0. The minimum atomic E-state index is -0.0879. The van der Waals surface area contributed by atoms with Crippen molar-refractivity contribution in [1.82, 2.24) is 14.8 Å². The molecule has 5 rings (SSSR count). The Kier molecular flexibility index (Phi) is 14.0. The Balaban J connectivity index is 0.00000255. The summed E-state index contributed by atoms with van der Waals surface area (Å²) in [6.07, 6.45) is 6.07. The van der Waals surface area contributed by atoms with Crippen LogP contribution in [0, 0.1) is 0 Å². The van der Waals surface area contributed by atoms with Crippen molar-refractivity contribution >= 4 is 23.1 Å². The summed E-state index contributed by atoms with van der Waals surface area (Å²) < 4.78 is 5.54. The Labute approximate surface area is 289 Å². The van der Waals surface area contributed by atoms with Gasteiger partial charge in [0.15, 0.2) is 0 Å². The third-order valence-electron chi connectivity index (χ3n) is 9.93. The summed E-state index contributed by atoms with van der Waals surface area (Å²) in [4.78, 5) is 24.4. The molecule has 0 saturated carbocycles. The maximum Gasteiger partial charge on any atom is 0.257 e. The number of likely N-dealkylation sites (N-methyl/N-ethyl adjacent to an activating group) is 1. The molecule has 48 heavy (non-hydrogen) atoms. The lowest BCUT2D eigenvalue weighted by atomic mass is 9.91. The van der Waals surface area contributed by atoms with Crippen LogP contribution in [0.15, 0.2) is 70.8 Å². The van der Waals surface area contributed by atoms with Gasteiger partial charge in [-0.15, -0.1) is 0 Å². The first kappa shape index (κ1) is 37.0. The van der Waals surface area contributed by atoms with Crippen molar-refractivity contribution in [1.29, 1.82) is 0 Å². The van der Waals surface area contributed by atoms with Crippen molar-refractivity contribution < 1.29 is 4.74 Å². The lowest BCUT2D eigenvalue weighted by Crippen LogP contribution is -2.45. The minimum absolute atomic E-state index is 0.0879. The summed E-state index contributed by atoms with van der Waals surface area (Å²) in [5.74, 6) is 0.504. The zero-order chi connectivity index (χ0) is 34.6. The highest BCUT2D eigenvalue weighted by Gasteiger charge is 2.22. The number of benzene rings is 2. The molecule has 0 spiro atoms. The van der Waals surface area contributed by atoms with Gasteiger partial charge in [-0.1, -0.05) is 65.8 Å². The average molecular weight is 654 g/mol. The first-order valence-corrected chi connectivity index (χ1v) is 18.2. The van der Waals surface area contributed by atoms with E-state index < -0.39 is 0 Å². The van der Waals surface area contributed by atoms with Crippen molar-refractivity contribution in [3.63, 3.8) is 0 Å². The van der Waals surface area contributed by atoms with Crippen LogP contribution in [0.25, 0.3) is 22.9 Å². The number of ether oxygens (including phenoxy) is 1. The topological polar surface area (TPSA) is 63.8 Å². The zero-order valence-electron chi connectivity index (χ0n) is 30.8. The van der Waals surface area contributed by atoms with Crippen LogP contribution in [0.1, 0.15) is 90.8 Å². The fourth-order valence-corrected chi connectivity index (χ4v) is 6.41. The van der Waals surface area contributed by atoms with Crippen LogP contribution < -0.4 is 15.8 Å². The number of nitrogens with zero attached hydrogens (tertiary/aromatic N) is 3. The fraction of sp³-hybridized carbons (Fsp3) is 0.488. The maximum absolute atomic E-state index is 14.0. The number of anilines is 2. The van der Waals surface area contributed by atoms with E-state index in [1.807, 2.05) is 20.0 Å². The zero-order valence-corrected chi connectivity index (χ0v) is 30.8. The van der Waals surface area contributed by atoms with Crippen molar-refractivity contribution in [2.24, 2.45) is 0 Å². The highest BCUT2D eigenvalue weighted by Crippen LogP contribution is 2.34. The van der Waals surface area contributed by atoms with Crippen LogP contribution in [0.2, 0.25) is 0 Å². The molecule has 2 N–H and O–H groups in total. The highest BCUT2D eigenvalue weighted by molar-refractivity contribution is 5.89. The third kappa shape index (κ3) is 9.00. The van der Waals surface area contributed by atoms with Gasteiger partial charge in [-0.25, -0.2) is 0 Å². The van der Waals surface area contributed by atoms with Gasteiger partial charge in [0, 0.05) is 73.7 Å². The molecule has 1 unspecified atom stereocenters. The molecule has 0 radical (unpaired) electrons. The molecule has 0 aliphatic carbocycles. The molecular weight excluding hydrogens is 594 g/mol. The van der Waals surface area contributed by atoms with E-state index in [0.29, 0.717) is 11.5 Å².